The highest BCUT2D eigenvalue weighted by molar-refractivity contribution is 5.99. The van der Waals surface area contributed by atoms with E-state index in [1.807, 2.05) is 54.6 Å². The van der Waals surface area contributed by atoms with Crippen molar-refractivity contribution in [1.82, 2.24) is 0 Å². The van der Waals surface area contributed by atoms with Crippen molar-refractivity contribution in [2.24, 2.45) is 5.73 Å². The van der Waals surface area contributed by atoms with Gasteiger partial charge in [-0.15, -0.1) is 0 Å². The fourth-order valence-electron chi connectivity index (χ4n) is 2.66. The van der Waals surface area contributed by atoms with E-state index in [0.717, 1.165) is 11.1 Å². The Balaban J connectivity index is 2.30. The fourth-order valence-corrected chi connectivity index (χ4v) is 2.66. The van der Waals surface area contributed by atoms with Gasteiger partial charge in [0, 0.05) is 5.69 Å². The maximum Gasteiger partial charge on any atom is 0.326 e. The largest absolute Gasteiger partial charge is 0.459 e. The average molecular weight is 354 g/mol. The first-order valence-electron chi connectivity index (χ1n) is 8.64. The summed E-state index contributed by atoms with van der Waals surface area (Å²) < 4.78 is 5.37. The first-order valence-corrected chi connectivity index (χ1v) is 8.64. The summed E-state index contributed by atoms with van der Waals surface area (Å²) in [7, 11) is 0. The molecule has 5 nitrogen and oxygen atoms in total. The van der Waals surface area contributed by atoms with Gasteiger partial charge in [-0.2, -0.15) is 0 Å². The summed E-state index contributed by atoms with van der Waals surface area (Å²) in [6.07, 6.45) is 0.652. The van der Waals surface area contributed by atoms with Crippen molar-refractivity contribution >= 4 is 17.6 Å². The van der Waals surface area contributed by atoms with Crippen LogP contribution in [0.1, 0.15) is 31.9 Å². The Kier molecular flexibility index (Phi) is 6.52. The highest BCUT2D eigenvalue weighted by Crippen LogP contribution is 2.24. The second kappa shape index (κ2) is 8.63. The van der Waals surface area contributed by atoms with Crippen molar-refractivity contribution < 1.29 is 14.3 Å². The normalized spacial score (nSPS) is 11.1. The molecule has 0 saturated heterocycles. The van der Waals surface area contributed by atoms with E-state index in [0.29, 0.717) is 12.1 Å². The van der Waals surface area contributed by atoms with Crippen molar-refractivity contribution in [3.63, 3.8) is 0 Å². The van der Waals surface area contributed by atoms with Crippen molar-refractivity contribution in [2.45, 2.75) is 32.8 Å². The Labute approximate surface area is 154 Å². The molecular formula is C21H26N2O3. The van der Waals surface area contributed by atoms with E-state index in [1.54, 1.807) is 20.8 Å². The fraction of sp³-hybridized carbons (Fsp3) is 0.333. The van der Waals surface area contributed by atoms with Crippen LogP contribution in [0.2, 0.25) is 0 Å². The Bertz CT molecular complexity index is 751. The molecular weight excluding hydrogens is 328 g/mol. The molecule has 26 heavy (non-hydrogen) atoms. The number of esters is 1. The standard InChI is InChI=1S/C21H26N2O3/c1-21(2,3)26-20(25)15-23(19(24)14-22)18-12-8-7-11-17(18)13-16-9-5-4-6-10-16/h4-12H,13-15,22H2,1-3H3. The van der Waals surface area contributed by atoms with Crippen LogP contribution >= 0.6 is 0 Å². The molecule has 0 unspecified atom stereocenters. The Hall–Kier alpha value is -2.66. The van der Waals surface area contributed by atoms with Gasteiger partial charge in [0.2, 0.25) is 5.91 Å². The molecule has 1 amide bonds. The Morgan fingerprint density at radius 1 is 1.00 bits per heavy atom. The monoisotopic (exact) mass is 354 g/mol. The molecule has 0 aliphatic heterocycles. The summed E-state index contributed by atoms with van der Waals surface area (Å²) in [5, 5.41) is 0. The van der Waals surface area contributed by atoms with Gasteiger partial charge in [-0.3, -0.25) is 14.5 Å². The van der Waals surface area contributed by atoms with Gasteiger partial charge in [0.05, 0.1) is 6.54 Å². The molecule has 0 aliphatic carbocycles. The number of hydrogen-bond donors (Lipinski definition) is 1. The van der Waals surface area contributed by atoms with Crippen LogP contribution in [0.3, 0.4) is 0 Å². The second-order valence-electron chi connectivity index (χ2n) is 7.06. The van der Waals surface area contributed by atoms with E-state index in [4.69, 9.17) is 10.5 Å². The quantitative estimate of drug-likeness (QED) is 0.810. The number of ether oxygens (including phenoxy) is 1. The summed E-state index contributed by atoms with van der Waals surface area (Å²) in [5.41, 5.74) is 7.71. The maximum absolute atomic E-state index is 12.4. The van der Waals surface area contributed by atoms with Crippen LogP contribution in [-0.4, -0.2) is 30.6 Å². The first-order chi connectivity index (χ1) is 12.3. The minimum atomic E-state index is -0.613. The summed E-state index contributed by atoms with van der Waals surface area (Å²) >= 11 is 0. The summed E-state index contributed by atoms with van der Waals surface area (Å²) in [6, 6.07) is 17.5. The third-order valence-corrected chi connectivity index (χ3v) is 3.70. The number of nitrogens with zero attached hydrogens (tertiary/aromatic N) is 1. The lowest BCUT2D eigenvalue weighted by atomic mass is 10.0. The molecule has 2 N–H and O–H groups in total. The molecule has 0 fully saturated rings. The van der Waals surface area contributed by atoms with Crippen LogP contribution in [-0.2, 0) is 20.7 Å². The zero-order valence-corrected chi connectivity index (χ0v) is 15.6. The predicted molar refractivity (Wildman–Crippen MR) is 103 cm³/mol. The van der Waals surface area contributed by atoms with Gasteiger partial charge in [0.25, 0.3) is 0 Å². The lowest BCUT2D eigenvalue weighted by Gasteiger charge is -2.26. The van der Waals surface area contributed by atoms with E-state index in [-0.39, 0.29) is 19.0 Å². The maximum atomic E-state index is 12.4. The average Bonchev–Trinajstić information content (AvgIpc) is 2.59. The molecule has 2 aromatic carbocycles. The number of anilines is 1. The molecule has 0 heterocycles. The van der Waals surface area contributed by atoms with E-state index < -0.39 is 11.6 Å². The zero-order valence-electron chi connectivity index (χ0n) is 15.6. The number of carbonyl (C=O) groups is 2. The van der Waals surface area contributed by atoms with Crippen LogP contribution in [0.4, 0.5) is 5.69 Å². The van der Waals surface area contributed by atoms with Gasteiger partial charge in [-0.1, -0.05) is 48.5 Å². The number of benzene rings is 2. The van der Waals surface area contributed by atoms with Crippen molar-refractivity contribution in [1.29, 1.82) is 0 Å². The number of carbonyl (C=O) groups excluding carboxylic acids is 2. The number of rotatable bonds is 6. The topological polar surface area (TPSA) is 72.6 Å². The van der Waals surface area contributed by atoms with Gasteiger partial charge in [-0.05, 0) is 44.4 Å². The summed E-state index contributed by atoms with van der Waals surface area (Å²) in [4.78, 5) is 26.1. The van der Waals surface area contributed by atoms with Crippen molar-refractivity contribution in [2.75, 3.05) is 18.0 Å². The molecule has 0 atom stereocenters. The lowest BCUT2D eigenvalue weighted by Crippen LogP contribution is -2.42. The molecule has 2 rings (SSSR count). The summed E-state index contributed by atoms with van der Waals surface area (Å²) in [6.45, 7) is 5.04. The van der Waals surface area contributed by atoms with E-state index in [2.05, 4.69) is 0 Å². The number of nitrogens with two attached hydrogens (primary N) is 1. The molecule has 0 saturated carbocycles. The van der Waals surface area contributed by atoms with Gasteiger partial charge >= 0.3 is 5.97 Å². The minimum Gasteiger partial charge on any atom is -0.459 e. The zero-order chi connectivity index (χ0) is 19.2. The van der Waals surface area contributed by atoms with Gasteiger partial charge in [-0.25, -0.2) is 0 Å². The molecule has 138 valence electrons. The van der Waals surface area contributed by atoms with E-state index >= 15 is 0 Å². The second-order valence-corrected chi connectivity index (χ2v) is 7.06. The SMILES string of the molecule is CC(C)(C)OC(=O)CN(C(=O)CN)c1ccccc1Cc1ccccc1. The Morgan fingerprint density at radius 3 is 2.23 bits per heavy atom. The lowest BCUT2D eigenvalue weighted by molar-refractivity contribution is -0.153. The molecule has 0 aromatic heterocycles. The number of amides is 1. The number of para-hydroxylation sites is 1. The molecule has 0 bridgehead atoms. The van der Waals surface area contributed by atoms with Crippen LogP contribution in [0.25, 0.3) is 0 Å². The third kappa shape index (κ3) is 5.70. The smallest absolute Gasteiger partial charge is 0.326 e. The van der Waals surface area contributed by atoms with Crippen LogP contribution < -0.4 is 10.6 Å². The third-order valence-electron chi connectivity index (χ3n) is 3.70. The predicted octanol–water partition coefficient (Wildman–Crippen LogP) is 2.91. The number of hydrogen-bond acceptors (Lipinski definition) is 4. The molecule has 0 aliphatic rings. The molecule has 2 aromatic rings. The summed E-state index contributed by atoms with van der Waals surface area (Å²) in [5.74, 6) is -0.787. The molecule has 0 radical (unpaired) electrons. The van der Waals surface area contributed by atoms with E-state index in [1.165, 1.54) is 4.90 Å². The molecule has 5 heteroatoms. The van der Waals surface area contributed by atoms with Crippen molar-refractivity contribution in [3.8, 4) is 0 Å². The minimum absolute atomic E-state index is 0.168. The van der Waals surface area contributed by atoms with E-state index in [9.17, 15) is 9.59 Å². The van der Waals surface area contributed by atoms with Gasteiger partial charge < -0.3 is 10.5 Å². The Morgan fingerprint density at radius 2 is 1.62 bits per heavy atom. The van der Waals surface area contributed by atoms with Gasteiger partial charge in [0.15, 0.2) is 0 Å². The molecule has 0 spiro atoms. The van der Waals surface area contributed by atoms with Crippen LogP contribution in [0, 0.1) is 0 Å². The van der Waals surface area contributed by atoms with Crippen LogP contribution in [0.5, 0.6) is 0 Å². The highest BCUT2D eigenvalue weighted by atomic mass is 16.6. The van der Waals surface area contributed by atoms with Crippen LogP contribution in [0.15, 0.2) is 54.6 Å². The van der Waals surface area contributed by atoms with Crippen molar-refractivity contribution in [3.05, 3.63) is 65.7 Å². The first kappa shape index (κ1) is 19.7. The van der Waals surface area contributed by atoms with Gasteiger partial charge in [0.1, 0.15) is 12.1 Å². The highest BCUT2D eigenvalue weighted by Gasteiger charge is 2.24.